The fourth-order valence-electron chi connectivity index (χ4n) is 2.05. The Morgan fingerprint density at radius 1 is 1.15 bits per heavy atom. The molecule has 0 aliphatic rings. The van der Waals surface area contributed by atoms with Crippen molar-refractivity contribution in [1.82, 2.24) is 10.6 Å². The van der Waals surface area contributed by atoms with Gasteiger partial charge in [0.1, 0.15) is 0 Å². The predicted octanol–water partition coefficient (Wildman–Crippen LogP) is 2.63. The van der Waals surface area contributed by atoms with Crippen molar-refractivity contribution in [3.8, 4) is 0 Å². The molecule has 2 atom stereocenters. The monoisotopic (exact) mass is 278 g/mol. The van der Waals surface area contributed by atoms with Crippen LogP contribution in [0.25, 0.3) is 0 Å². The normalized spacial score (nSPS) is 13.9. The molecule has 20 heavy (non-hydrogen) atoms. The first-order valence-corrected chi connectivity index (χ1v) is 7.24. The smallest absolute Gasteiger partial charge is 0.315 e. The Hall–Kier alpha value is -1.55. The van der Waals surface area contributed by atoms with Crippen LogP contribution in [0.1, 0.15) is 44.9 Å². The van der Waals surface area contributed by atoms with Gasteiger partial charge in [0, 0.05) is 0 Å². The Labute approximate surface area is 121 Å². The maximum absolute atomic E-state index is 11.9. The van der Waals surface area contributed by atoms with Gasteiger partial charge in [-0.05, 0) is 30.4 Å². The summed E-state index contributed by atoms with van der Waals surface area (Å²) < 4.78 is 0. The summed E-state index contributed by atoms with van der Waals surface area (Å²) in [6, 6.07) is 7.81. The molecule has 3 N–H and O–H groups in total. The van der Waals surface area contributed by atoms with Gasteiger partial charge in [0.05, 0.1) is 18.7 Å². The van der Waals surface area contributed by atoms with Crippen LogP contribution in [-0.4, -0.2) is 23.8 Å². The number of carbonyl (C=O) groups is 1. The Morgan fingerprint density at radius 3 is 2.20 bits per heavy atom. The Morgan fingerprint density at radius 2 is 1.75 bits per heavy atom. The summed E-state index contributed by atoms with van der Waals surface area (Å²) >= 11 is 0. The van der Waals surface area contributed by atoms with Crippen molar-refractivity contribution in [1.29, 1.82) is 0 Å². The number of aryl methyl sites for hydroxylation is 1. The average Bonchev–Trinajstić information content (AvgIpc) is 2.44. The number of hydrogen-bond donors (Lipinski definition) is 3. The van der Waals surface area contributed by atoms with E-state index in [1.807, 2.05) is 0 Å². The third-order valence-corrected chi connectivity index (χ3v) is 3.35. The summed E-state index contributed by atoms with van der Waals surface area (Å²) in [5, 5.41) is 14.6. The van der Waals surface area contributed by atoms with E-state index in [9.17, 15) is 4.79 Å². The third kappa shape index (κ3) is 4.85. The molecule has 2 amide bonds. The second kappa shape index (κ2) is 7.90. The highest BCUT2D eigenvalue weighted by molar-refractivity contribution is 5.74. The molecule has 0 aromatic heterocycles. The lowest BCUT2D eigenvalue weighted by Gasteiger charge is -2.24. The number of rotatable bonds is 6. The molecule has 0 bridgehead atoms. The van der Waals surface area contributed by atoms with Crippen LogP contribution in [0.3, 0.4) is 0 Å². The molecule has 0 saturated carbocycles. The van der Waals surface area contributed by atoms with Gasteiger partial charge in [-0.25, -0.2) is 4.79 Å². The maximum atomic E-state index is 11.9. The van der Waals surface area contributed by atoms with E-state index in [4.69, 9.17) is 5.11 Å². The van der Waals surface area contributed by atoms with Crippen LogP contribution < -0.4 is 10.6 Å². The standard InChI is InChI=1S/C16H26N2O2/c1-5-13-6-8-14(9-7-13)15(11(2)3)18-16(20)17-12(4)10-19/h6-9,11-12,15,19H,5,10H2,1-4H3,(H2,17,18,20). The van der Waals surface area contributed by atoms with E-state index < -0.39 is 0 Å². The lowest BCUT2D eigenvalue weighted by Crippen LogP contribution is -2.44. The quantitative estimate of drug-likeness (QED) is 0.749. The van der Waals surface area contributed by atoms with Crippen molar-refractivity contribution in [2.75, 3.05) is 6.61 Å². The minimum atomic E-state index is -0.246. The highest BCUT2D eigenvalue weighted by Gasteiger charge is 2.18. The second-order valence-electron chi connectivity index (χ2n) is 5.52. The number of carbonyl (C=O) groups excluding carboxylic acids is 1. The molecule has 0 heterocycles. The van der Waals surface area contributed by atoms with Gasteiger partial charge >= 0.3 is 6.03 Å². The summed E-state index contributed by atoms with van der Waals surface area (Å²) in [6.45, 7) is 7.98. The van der Waals surface area contributed by atoms with Crippen molar-refractivity contribution >= 4 is 6.03 Å². The van der Waals surface area contributed by atoms with E-state index in [1.165, 1.54) is 5.56 Å². The molecule has 1 rings (SSSR count). The number of aliphatic hydroxyl groups excluding tert-OH is 1. The van der Waals surface area contributed by atoms with Crippen molar-refractivity contribution in [3.63, 3.8) is 0 Å². The molecular formula is C16H26N2O2. The van der Waals surface area contributed by atoms with Gasteiger partial charge in [-0.1, -0.05) is 45.0 Å². The molecule has 2 unspecified atom stereocenters. The fourth-order valence-corrected chi connectivity index (χ4v) is 2.05. The topological polar surface area (TPSA) is 61.4 Å². The van der Waals surface area contributed by atoms with Crippen LogP contribution in [0.5, 0.6) is 0 Å². The van der Waals surface area contributed by atoms with Gasteiger partial charge in [0.15, 0.2) is 0 Å². The second-order valence-corrected chi connectivity index (χ2v) is 5.52. The number of aliphatic hydroxyl groups is 1. The van der Waals surface area contributed by atoms with Crippen LogP contribution in [0.2, 0.25) is 0 Å². The fraction of sp³-hybridized carbons (Fsp3) is 0.562. The van der Waals surface area contributed by atoms with Crippen molar-refractivity contribution in [2.45, 2.75) is 46.2 Å². The van der Waals surface area contributed by atoms with E-state index in [0.29, 0.717) is 0 Å². The average molecular weight is 278 g/mol. The molecule has 1 aromatic carbocycles. The van der Waals surface area contributed by atoms with E-state index in [0.717, 1.165) is 12.0 Å². The Kier molecular flexibility index (Phi) is 6.52. The predicted molar refractivity (Wildman–Crippen MR) is 81.6 cm³/mol. The van der Waals surface area contributed by atoms with Gasteiger partial charge in [-0.2, -0.15) is 0 Å². The summed E-state index contributed by atoms with van der Waals surface area (Å²) in [6.07, 6.45) is 1.01. The van der Waals surface area contributed by atoms with E-state index in [2.05, 4.69) is 55.7 Å². The highest BCUT2D eigenvalue weighted by Crippen LogP contribution is 2.22. The van der Waals surface area contributed by atoms with Crippen LogP contribution in [-0.2, 0) is 6.42 Å². The van der Waals surface area contributed by atoms with E-state index >= 15 is 0 Å². The van der Waals surface area contributed by atoms with Crippen molar-refractivity contribution < 1.29 is 9.90 Å². The summed E-state index contributed by atoms with van der Waals surface area (Å²) in [7, 11) is 0. The maximum Gasteiger partial charge on any atom is 0.315 e. The number of urea groups is 1. The molecule has 0 radical (unpaired) electrons. The van der Waals surface area contributed by atoms with Gasteiger partial charge in [-0.15, -0.1) is 0 Å². The summed E-state index contributed by atoms with van der Waals surface area (Å²) in [4.78, 5) is 11.9. The molecule has 4 heteroatoms. The van der Waals surface area contributed by atoms with Crippen LogP contribution in [0.15, 0.2) is 24.3 Å². The lowest BCUT2D eigenvalue weighted by atomic mass is 9.95. The molecule has 0 aliphatic heterocycles. The summed E-state index contributed by atoms with van der Waals surface area (Å²) in [5.41, 5.74) is 2.39. The number of nitrogens with one attached hydrogen (secondary N) is 2. The molecule has 0 saturated heterocycles. The van der Waals surface area contributed by atoms with Crippen molar-refractivity contribution in [2.24, 2.45) is 5.92 Å². The number of amides is 2. The SMILES string of the molecule is CCc1ccc(C(NC(=O)NC(C)CO)C(C)C)cc1. The van der Waals surface area contributed by atoms with Crippen LogP contribution >= 0.6 is 0 Å². The zero-order valence-electron chi connectivity index (χ0n) is 12.8. The minimum Gasteiger partial charge on any atom is -0.394 e. The largest absolute Gasteiger partial charge is 0.394 e. The molecule has 0 fully saturated rings. The van der Waals surface area contributed by atoms with Crippen molar-refractivity contribution in [3.05, 3.63) is 35.4 Å². The summed E-state index contributed by atoms with van der Waals surface area (Å²) in [5.74, 6) is 0.289. The first-order valence-electron chi connectivity index (χ1n) is 7.24. The van der Waals surface area contributed by atoms with Gasteiger partial charge in [0.25, 0.3) is 0 Å². The van der Waals surface area contributed by atoms with Crippen LogP contribution in [0, 0.1) is 5.92 Å². The van der Waals surface area contributed by atoms with Gasteiger partial charge < -0.3 is 15.7 Å². The first kappa shape index (κ1) is 16.5. The third-order valence-electron chi connectivity index (χ3n) is 3.35. The van der Waals surface area contributed by atoms with Crippen LogP contribution in [0.4, 0.5) is 4.79 Å². The Bertz CT molecular complexity index is 415. The van der Waals surface area contributed by atoms with Gasteiger partial charge in [-0.3, -0.25) is 0 Å². The number of benzene rings is 1. The highest BCUT2D eigenvalue weighted by atomic mass is 16.3. The molecule has 4 nitrogen and oxygen atoms in total. The van der Waals surface area contributed by atoms with E-state index in [1.54, 1.807) is 6.92 Å². The first-order chi connectivity index (χ1) is 9.47. The molecule has 0 aliphatic carbocycles. The lowest BCUT2D eigenvalue weighted by molar-refractivity contribution is 0.214. The molecular weight excluding hydrogens is 252 g/mol. The van der Waals surface area contributed by atoms with Gasteiger partial charge in [0.2, 0.25) is 0 Å². The zero-order chi connectivity index (χ0) is 15.1. The zero-order valence-corrected chi connectivity index (χ0v) is 12.8. The minimum absolute atomic E-state index is 0.0354. The molecule has 112 valence electrons. The number of hydrogen-bond acceptors (Lipinski definition) is 2. The Balaban J connectivity index is 2.75. The molecule has 1 aromatic rings. The molecule has 0 spiro atoms. The van der Waals surface area contributed by atoms with E-state index in [-0.39, 0.29) is 30.6 Å².